The van der Waals surface area contributed by atoms with E-state index in [-0.39, 0.29) is 5.78 Å². The topological polar surface area (TPSA) is 17.1 Å². The first-order valence-electron chi connectivity index (χ1n) is 9.75. The van der Waals surface area contributed by atoms with Crippen LogP contribution in [0.1, 0.15) is 99.3 Å². The molecule has 1 unspecified atom stereocenters. The van der Waals surface area contributed by atoms with Gasteiger partial charge in [-0.1, -0.05) is 48.3 Å². The third-order valence-corrected chi connectivity index (χ3v) is 4.50. The van der Waals surface area contributed by atoms with Gasteiger partial charge in [-0.2, -0.15) is 0 Å². The molecular weight excluding hydrogens is 292 g/mol. The van der Waals surface area contributed by atoms with E-state index >= 15 is 0 Å². The van der Waals surface area contributed by atoms with Crippen molar-refractivity contribution in [1.29, 1.82) is 0 Å². The minimum Gasteiger partial charge on any atom is -0.300 e. The van der Waals surface area contributed by atoms with Gasteiger partial charge in [0.2, 0.25) is 0 Å². The molecule has 0 N–H and O–H groups in total. The summed E-state index contributed by atoms with van der Waals surface area (Å²) in [6.45, 7) is 12.9. The summed E-state index contributed by atoms with van der Waals surface area (Å²) < 4.78 is 0. The molecule has 0 aliphatic rings. The van der Waals surface area contributed by atoms with Crippen LogP contribution in [0.5, 0.6) is 0 Å². The number of rotatable bonds is 13. The molecule has 1 nitrogen and oxygen atoms in total. The molecule has 0 aromatic heterocycles. The Bertz CT molecular complexity index is 433. The van der Waals surface area contributed by atoms with E-state index in [0.29, 0.717) is 6.42 Å². The highest BCUT2D eigenvalue weighted by atomic mass is 16.1. The van der Waals surface area contributed by atoms with Crippen molar-refractivity contribution in [2.45, 2.75) is 99.3 Å². The molecule has 1 atom stereocenters. The summed E-state index contributed by atoms with van der Waals surface area (Å²) >= 11 is 0. The Morgan fingerprint density at radius 3 is 1.92 bits per heavy atom. The lowest BCUT2D eigenvalue weighted by molar-refractivity contribution is -0.116. The van der Waals surface area contributed by atoms with Crippen LogP contribution in [0.3, 0.4) is 0 Å². The number of Topliss-reactive ketones (excluding diaryl/α,β-unsaturated/α-hetero) is 1. The number of ketones is 1. The Hall–Kier alpha value is -1.11. The van der Waals surface area contributed by atoms with E-state index in [1.54, 1.807) is 6.92 Å². The van der Waals surface area contributed by atoms with Gasteiger partial charge in [-0.15, -0.1) is 0 Å². The maximum Gasteiger partial charge on any atom is 0.130 e. The lowest BCUT2D eigenvalue weighted by Crippen LogP contribution is -1.94. The number of hydrogen-bond acceptors (Lipinski definition) is 1. The fourth-order valence-electron chi connectivity index (χ4n) is 2.80. The molecule has 1 heteroatoms. The SMILES string of the molecule is CC(=O)CC/C=C(\C)CC/C=C(/C)CCCC(C)CCC=C(C)C. The van der Waals surface area contributed by atoms with Gasteiger partial charge in [-0.05, 0) is 85.5 Å². The van der Waals surface area contributed by atoms with Gasteiger partial charge >= 0.3 is 0 Å². The zero-order valence-corrected chi connectivity index (χ0v) is 17.1. The van der Waals surface area contributed by atoms with Gasteiger partial charge in [0, 0.05) is 6.42 Å². The van der Waals surface area contributed by atoms with Crippen molar-refractivity contribution < 1.29 is 4.79 Å². The van der Waals surface area contributed by atoms with E-state index in [0.717, 1.165) is 25.2 Å². The molecule has 0 aliphatic heterocycles. The molecule has 0 aromatic carbocycles. The van der Waals surface area contributed by atoms with Gasteiger partial charge in [-0.3, -0.25) is 0 Å². The molecule has 0 spiro atoms. The summed E-state index contributed by atoms with van der Waals surface area (Å²) in [4.78, 5) is 10.9. The molecule has 0 saturated heterocycles. The second-order valence-corrected chi connectivity index (χ2v) is 7.74. The van der Waals surface area contributed by atoms with E-state index in [2.05, 4.69) is 52.8 Å². The largest absolute Gasteiger partial charge is 0.300 e. The number of carbonyl (C=O) groups excluding carboxylic acids is 1. The Morgan fingerprint density at radius 1 is 0.750 bits per heavy atom. The van der Waals surface area contributed by atoms with Crippen LogP contribution in [-0.4, -0.2) is 5.78 Å². The first-order chi connectivity index (χ1) is 11.3. The zero-order valence-electron chi connectivity index (χ0n) is 17.1. The van der Waals surface area contributed by atoms with Gasteiger partial charge in [0.05, 0.1) is 0 Å². The van der Waals surface area contributed by atoms with Crippen LogP contribution in [-0.2, 0) is 4.79 Å². The van der Waals surface area contributed by atoms with Crippen molar-refractivity contribution >= 4 is 5.78 Å². The maximum absolute atomic E-state index is 10.9. The number of hydrogen-bond donors (Lipinski definition) is 0. The van der Waals surface area contributed by atoms with Gasteiger partial charge in [-0.25, -0.2) is 0 Å². The fraction of sp³-hybridized carbons (Fsp3) is 0.696. The first-order valence-corrected chi connectivity index (χ1v) is 9.75. The molecule has 24 heavy (non-hydrogen) atoms. The summed E-state index contributed by atoms with van der Waals surface area (Å²) in [5.74, 6) is 1.12. The van der Waals surface area contributed by atoms with E-state index in [4.69, 9.17) is 0 Å². The zero-order chi connectivity index (χ0) is 18.4. The average molecular weight is 333 g/mol. The van der Waals surface area contributed by atoms with Crippen LogP contribution >= 0.6 is 0 Å². The van der Waals surface area contributed by atoms with E-state index < -0.39 is 0 Å². The predicted molar refractivity (Wildman–Crippen MR) is 108 cm³/mol. The summed E-state index contributed by atoms with van der Waals surface area (Å²) in [5.41, 5.74) is 4.38. The second-order valence-electron chi connectivity index (χ2n) is 7.74. The van der Waals surface area contributed by atoms with Crippen LogP contribution in [0.4, 0.5) is 0 Å². The standard InChI is InChI=1S/C23H40O/c1-19(2)11-7-12-20(3)13-8-14-21(4)15-9-16-22(5)17-10-18-23(6)24/h11,15,17,20H,7-10,12-14,16,18H2,1-6H3/b21-15-,22-17+. The van der Waals surface area contributed by atoms with Gasteiger partial charge in [0.25, 0.3) is 0 Å². The van der Waals surface area contributed by atoms with E-state index in [1.807, 2.05) is 0 Å². The molecule has 0 fully saturated rings. The third-order valence-electron chi connectivity index (χ3n) is 4.50. The number of allylic oxidation sites excluding steroid dienone is 6. The molecule has 0 amide bonds. The lowest BCUT2D eigenvalue weighted by Gasteiger charge is -2.10. The summed E-state index contributed by atoms with van der Waals surface area (Å²) in [6.07, 6.45) is 17.2. The quantitative estimate of drug-likeness (QED) is 0.318. The normalized spacial score (nSPS) is 13.8. The molecular formula is C23H40O. The third kappa shape index (κ3) is 15.8. The van der Waals surface area contributed by atoms with Crippen molar-refractivity contribution in [3.05, 3.63) is 34.9 Å². The van der Waals surface area contributed by atoms with Crippen LogP contribution < -0.4 is 0 Å². The van der Waals surface area contributed by atoms with Crippen molar-refractivity contribution in [1.82, 2.24) is 0 Å². The molecule has 0 aliphatic carbocycles. The highest BCUT2D eigenvalue weighted by Crippen LogP contribution is 2.18. The van der Waals surface area contributed by atoms with Gasteiger partial charge < -0.3 is 4.79 Å². The Morgan fingerprint density at radius 2 is 1.33 bits per heavy atom. The molecule has 0 heterocycles. The molecule has 0 bridgehead atoms. The van der Waals surface area contributed by atoms with E-state index in [9.17, 15) is 4.79 Å². The first kappa shape index (κ1) is 22.9. The van der Waals surface area contributed by atoms with Crippen LogP contribution in [0.2, 0.25) is 0 Å². The minimum atomic E-state index is 0.282. The predicted octanol–water partition coefficient (Wildman–Crippen LogP) is 7.58. The Labute approximate surface area is 151 Å². The molecule has 0 rings (SSSR count). The lowest BCUT2D eigenvalue weighted by atomic mass is 9.96. The summed E-state index contributed by atoms with van der Waals surface area (Å²) in [6, 6.07) is 0. The fourth-order valence-corrected chi connectivity index (χ4v) is 2.80. The summed E-state index contributed by atoms with van der Waals surface area (Å²) in [5, 5.41) is 0. The smallest absolute Gasteiger partial charge is 0.130 e. The Kier molecular flexibility index (Phi) is 13.6. The van der Waals surface area contributed by atoms with Gasteiger partial charge in [0.15, 0.2) is 0 Å². The van der Waals surface area contributed by atoms with E-state index in [1.165, 1.54) is 48.8 Å². The molecule has 0 radical (unpaired) electrons. The van der Waals surface area contributed by atoms with Crippen molar-refractivity contribution in [3.8, 4) is 0 Å². The van der Waals surface area contributed by atoms with Crippen LogP contribution in [0.15, 0.2) is 34.9 Å². The molecule has 0 saturated carbocycles. The summed E-state index contributed by atoms with van der Waals surface area (Å²) in [7, 11) is 0. The monoisotopic (exact) mass is 332 g/mol. The highest BCUT2D eigenvalue weighted by molar-refractivity contribution is 5.75. The molecule has 138 valence electrons. The van der Waals surface area contributed by atoms with Crippen molar-refractivity contribution in [2.75, 3.05) is 0 Å². The molecule has 0 aromatic rings. The van der Waals surface area contributed by atoms with Crippen LogP contribution in [0, 0.1) is 5.92 Å². The van der Waals surface area contributed by atoms with Crippen LogP contribution in [0.25, 0.3) is 0 Å². The maximum atomic E-state index is 10.9. The average Bonchev–Trinajstić information content (AvgIpc) is 2.46. The van der Waals surface area contributed by atoms with Crippen molar-refractivity contribution in [2.24, 2.45) is 5.92 Å². The highest BCUT2D eigenvalue weighted by Gasteiger charge is 2.01. The van der Waals surface area contributed by atoms with Crippen molar-refractivity contribution in [3.63, 3.8) is 0 Å². The number of carbonyl (C=O) groups is 1. The minimum absolute atomic E-state index is 0.282. The van der Waals surface area contributed by atoms with Gasteiger partial charge in [0.1, 0.15) is 5.78 Å². The second kappa shape index (κ2) is 14.3. The Balaban J connectivity index is 3.83.